The Kier molecular flexibility index (Phi) is 8.14. The topological polar surface area (TPSA) is 91.4 Å². The van der Waals surface area contributed by atoms with Crippen LogP contribution < -0.4 is 20.9 Å². The van der Waals surface area contributed by atoms with Crippen LogP contribution >= 0.6 is 34.8 Å². The van der Waals surface area contributed by atoms with Gasteiger partial charge in [-0.25, -0.2) is 4.98 Å². The summed E-state index contributed by atoms with van der Waals surface area (Å²) in [5.74, 6) is 1.09. The van der Waals surface area contributed by atoms with Crippen LogP contribution in [0.1, 0.15) is 31.4 Å². The second kappa shape index (κ2) is 11.1. The van der Waals surface area contributed by atoms with E-state index >= 15 is 0 Å². The van der Waals surface area contributed by atoms with Crippen molar-refractivity contribution in [1.29, 1.82) is 0 Å². The van der Waals surface area contributed by atoms with E-state index in [1.807, 2.05) is 13.0 Å². The zero-order valence-electron chi connectivity index (χ0n) is 18.3. The van der Waals surface area contributed by atoms with Gasteiger partial charge in [0, 0.05) is 42.3 Å². The van der Waals surface area contributed by atoms with E-state index in [0.717, 1.165) is 38.0 Å². The number of carbonyl (C=O) groups excluding carboxylic acids is 1. The lowest BCUT2D eigenvalue weighted by atomic mass is 10.0. The van der Waals surface area contributed by atoms with Crippen molar-refractivity contribution in [2.45, 2.75) is 38.0 Å². The molecule has 2 aliphatic rings. The average molecular weight is 514 g/mol. The van der Waals surface area contributed by atoms with Gasteiger partial charge in [-0.2, -0.15) is 4.98 Å². The molecule has 2 saturated heterocycles. The third-order valence-electron chi connectivity index (χ3n) is 5.86. The molecule has 0 saturated carbocycles. The molecule has 0 spiro atoms. The summed E-state index contributed by atoms with van der Waals surface area (Å²) in [7, 11) is 0. The van der Waals surface area contributed by atoms with Gasteiger partial charge < -0.3 is 25.6 Å². The molecule has 178 valence electrons. The van der Waals surface area contributed by atoms with E-state index in [-0.39, 0.29) is 18.0 Å². The molecule has 2 fully saturated rings. The predicted molar refractivity (Wildman–Crippen MR) is 132 cm³/mol. The molecule has 0 bridgehead atoms. The molecule has 2 aromatic rings. The van der Waals surface area contributed by atoms with Gasteiger partial charge in [-0.1, -0.05) is 40.9 Å². The summed E-state index contributed by atoms with van der Waals surface area (Å²) in [4.78, 5) is 23.6. The maximum atomic E-state index is 12.4. The smallest absolute Gasteiger partial charge is 0.250 e. The lowest BCUT2D eigenvalue weighted by Crippen LogP contribution is -2.52. The summed E-state index contributed by atoms with van der Waals surface area (Å²) in [6.07, 6.45) is 2.79. The van der Waals surface area contributed by atoms with Gasteiger partial charge in [0.2, 0.25) is 5.95 Å². The maximum absolute atomic E-state index is 12.4. The quantitative estimate of drug-likeness (QED) is 0.543. The van der Waals surface area contributed by atoms with Gasteiger partial charge in [-0.15, -0.1) is 0 Å². The van der Waals surface area contributed by atoms with Crippen molar-refractivity contribution < 1.29 is 9.53 Å². The number of nitrogens with one attached hydrogen (secondary N) is 3. The first-order chi connectivity index (χ1) is 15.9. The van der Waals surface area contributed by atoms with Crippen molar-refractivity contribution in [3.63, 3.8) is 0 Å². The minimum absolute atomic E-state index is 0.0512. The van der Waals surface area contributed by atoms with Crippen LogP contribution in [0.2, 0.25) is 15.1 Å². The van der Waals surface area contributed by atoms with Crippen LogP contribution in [0.5, 0.6) is 0 Å². The Bertz CT molecular complexity index is 981. The molecule has 3 heterocycles. The largest absolute Gasteiger partial charge is 0.366 e. The molecular weight excluding hydrogens is 487 g/mol. The Hall–Kier alpha value is -1.84. The fourth-order valence-corrected chi connectivity index (χ4v) is 4.72. The van der Waals surface area contributed by atoms with Crippen molar-refractivity contribution >= 4 is 52.5 Å². The SMILES string of the molecule is C[C@@H](Nc1nc(N2CCC(NC(=O)[C@@H]3CNCCO3)CC2)ncc1Cl)c1ccc(Cl)cc1Cl. The molecule has 4 rings (SSSR count). The standard InChI is InChI=1S/C22H27Cl3N6O2/c1-13(16-3-2-14(23)10-17(16)24)28-20-18(25)11-27-22(30-20)31-7-4-15(5-8-31)29-21(32)19-12-26-6-9-33-19/h2-3,10-11,13,15,19,26H,4-9,12H2,1H3,(H,29,32)(H,27,28,30)/t13-,19+/m1/s1. The van der Waals surface area contributed by atoms with E-state index in [1.165, 1.54) is 0 Å². The Morgan fingerprint density at radius 2 is 2.03 bits per heavy atom. The summed E-state index contributed by atoms with van der Waals surface area (Å²) in [5, 5.41) is 11.2. The van der Waals surface area contributed by atoms with E-state index < -0.39 is 6.10 Å². The van der Waals surface area contributed by atoms with E-state index in [4.69, 9.17) is 39.5 Å². The van der Waals surface area contributed by atoms with Crippen molar-refractivity contribution in [2.24, 2.45) is 0 Å². The number of hydrogen-bond acceptors (Lipinski definition) is 7. The minimum atomic E-state index is -0.416. The first-order valence-electron chi connectivity index (χ1n) is 11.0. The lowest BCUT2D eigenvalue weighted by molar-refractivity contribution is -0.135. The highest BCUT2D eigenvalue weighted by atomic mass is 35.5. The number of hydrogen-bond donors (Lipinski definition) is 3. The number of halogens is 3. The molecule has 33 heavy (non-hydrogen) atoms. The fraction of sp³-hybridized carbons (Fsp3) is 0.500. The number of morpholine rings is 1. The van der Waals surface area contributed by atoms with Crippen LogP contribution in [-0.2, 0) is 9.53 Å². The molecule has 0 radical (unpaired) electrons. The highest BCUT2D eigenvalue weighted by molar-refractivity contribution is 6.35. The first kappa shape index (κ1) is 24.3. The Balaban J connectivity index is 1.35. The van der Waals surface area contributed by atoms with E-state index in [1.54, 1.807) is 18.3 Å². The van der Waals surface area contributed by atoms with E-state index in [2.05, 4.69) is 30.8 Å². The van der Waals surface area contributed by atoms with Gasteiger partial charge in [0.1, 0.15) is 11.1 Å². The van der Waals surface area contributed by atoms with Crippen LogP contribution in [0.25, 0.3) is 0 Å². The van der Waals surface area contributed by atoms with E-state index in [0.29, 0.717) is 40.0 Å². The van der Waals surface area contributed by atoms with Gasteiger partial charge in [-0.3, -0.25) is 4.79 Å². The molecule has 0 unspecified atom stereocenters. The van der Waals surface area contributed by atoms with Gasteiger partial charge in [-0.05, 0) is 37.5 Å². The summed E-state index contributed by atoms with van der Waals surface area (Å²) >= 11 is 18.7. The summed E-state index contributed by atoms with van der Waals surface area (Å²) in [6, 6.07) is 5.37. The Morgan fingerprint density at radius 1 is 1.24 bits per heavy atom. The third kappa shape index (κ3) is 6.19. The Labute approximate surface area is 208 Å². The first-order valence-corrected chi connectivity index (χ1v) is 12.2. The van der Waals surface area contributed by atoms with Gasteiger partial charge >= 0.3 is 0 Å². The van der Waals surface area contributed by atoms with Crippen LogP contribution in [-0.4, -0.2) is 60.8 Å². The van der Waals surface area contributed by atoms with Gasteiger partial charge in [0.25, 0.3) is 5.91 Å². The summed E-state index contributed by atoms with van der Waals surface area (Å²) in [6.45, 7) is 5.34. The van der Waals surface area contributed by atoms with Gasteiger partial charge in [0.15, 0.2) is 5.82 Å². The normalized spacial score (nSPS) is 20.4. The second-order valence-corrected chi connectivity index (χ2v) is 9.48. The van der Waals surface area contributed by atoms with Crippen molar-refractivity contribution in [3.05, 3.63) is 45.0 Å². The molecule has 2 atom stereocenters. The number of benzene rings is 1. The summed E-state index contributed by atoms with van der Waals surface area (Å²) < 4.78 is 5.53. The van der Waals surface area contributed by atoms with Crippen LogP contribution in [0.4, 0.5) is 11.8 Å². The molecule has 11 heteroatoms. The van der Waals surface area contributed by atoms with Crippen molar-refractivity contribution in [2.75, 3.05) is 43.0 Å². The van der Waals surface area contributed by atoms with E-state index in [9.17, 15) is 4.79 Å². The average Bonchev–Trinajstić information content (AvgIpc) is 2.81. The molecule has 2 aliphatic heterocycles. The number of nitrogens with zero attached hydrogens (tertiary/aromatic N) is 3. The monoisotopic (exact) mass is 512 g/mol. The highest BCUT2D eigenvalue weighted by Gasteiger charge is 2.27. The minimum Gasteiger partial charge on any atom is -0.366 e. The number of piperidine rings is 1. The second-order valence-electron chi connectivity index (χ2n) is 8.23. The third-order valence-corrected chi connectivity index (χ3v) is 6.70. The van der Waals surface area contributed by atoms with Crippen LogP contribution in [0.15, 0.2) is 24.4 Å². The molecule has 1 aromatic heterocycles. The van der Waals surface area contributed by atoms with Crippen LogP contribution in [0.3, 0.4) is 0 Å². The number of anilines is 2. The lowest BCUT2D eigenvalue weighted by Gasteiger charge is -2.33. The molecule has 0 aliphatic carbocycles. The number of ether oxygens (including phenoxy) is 1. The zero-order chi connectivity index (χ0) is 23.4. The number of aromatic nitrogens is 2. The molecule has 1 aromatic carbocycles. The van der Waals surface area contributed by atoms with Crippen molar-refractivity contribution in [1.82, 2.24) is 20.6 Å². The van der Waals surface area contributed by atoms with Crippen molar-refractivity contribution in [3.8, 4) is 0 Å². The summed E-state index contributed by atoms with van der Waals surface area (Å²) in [5.41, 5.74) is 0.894. The van der Waals surface area contributed by atoms with Gasteiger partial charge in [0.05, 0.1) is 18.8 Å². The number of carbonyl (C=O) groups is 1. The number of rotatable bonds is 6. The molecule has 8 nitrogen and oxygen atoms in total. The Morgan fingerprint density at radius 3 is 2.73 bits per heavy atom. The molecule has 3 N–H and O–H groups in total. The zero-order valence-corrected chi connectivity index (χ0v) is 20.6. The number of amides is 1. The predicted octanol–water partition coefficient (Wildman–Crippen LogP) is 3.68. The highest BCUT2D eigenvalue weighted by Crippen LogP contribution is 2.31. The fourth-order valence-electron chi connectivity index (χ4n) is 4.00. The molecule has 1 amide bonds. The van der Waals surface area contributed by atoms with Crippen LogP contribution in [0, 0.1) is 0 Å². The maximum Gasteiger partial charge on any atom is 0.250 e. The molecular formula is C22H27Cl3N6O2.